The molecular formula is C15H24N4. The molecule has 1 aromatic rings. The fourth-order valence-electron chi connectivity index (χ4n) is 3.51. The van der Waals surface area contributed by atoms with Gasteiger partial charge in [0.1, 0.15) is 11.6 Å². The highest BCUT2D eigenvalue weighted by Crippen LogP contribution is 2.34. The molecule has 104 valence electrons. The highest BCUT2D eigenvalue weighted by atomic mass is 15.1. The lowest BCUT2D eigenvalue weighted by atomic mass is 9.99. The molecular weight excluding hydrogens is 236 g/mol. The lowest BCUT2D eigenvalue weighted by Gasteiger charge is -2.15. The number of anilines is 1. The van der Waals surface area contributed by atoms with Crippen LogP contribution in [0.1, 0.15) is 87.7 Å². The number of hydrogen-bond donors (Lipinski definition) is 1. The lowest BCUT2D eigenvalue weighted by Crippen LogP contribution is -2.12. The first-order chi connectivity index (χ1) is 9.33. The molecule has 0 radical (unpaired) electrons. The van der Waals surface area contributed by atoms with Crippen LogP contribution in [0.2, 0.25) is 0 Å². The van der Waals surface area contributed by atoms with Gasteiger partial charge in [-0.2, -0.15) is 9.97 Å². The topological polar surface area (TPSA) is 64.7 Å². The van der Waals surface area contributed by atoms with Crippen molar-refractivity contribution in [3.8, 4) is 0 Å². The van der Waals surface area contributed by atoms with Crippen molar-refractivity contribution in [2.24, 2.45) is 0 Å². The monoisotopic (exact) mass is 260 g/mol. The summed E-state index contributed by atoms with van der Waals surface area (Å²) < 4.78 is 0. The minimum atomic E-state index is 0.427. The van der Waals surface area contributed by atoms with Crippen LogP contribution in [0, 0.1) is 0 Å². The van der Waals surface area contributed by atoms with Gasteiger partial charge in [0.15, 0.2) is 0 Å². The quantitative estimate of drug-likeness (QED) is 0.826. The SMILES string of the molecule is Nc1nc(C2CCCCCC2)nc(C2CCCC2)n1. The normalized spacial score (nSPS) is 22.5. The Hall–Kier alpha value is -1.19. The summed E-state index contributed by atoms with van der Waals surface area (Å²) in [5, 5.41) is 0. The maximum atomic E-state index is 5.91. The molecule has 4 nitrogen and oxygen atoms in total. The minimum Gasteiger partial charge on any atom is -0.368 e. The molecule has 0 spiro atoms. The van der Waals surface area contributed by atoms with E-state index in [-0.39, 0.29) is 0 Å². The standard InChI is InChI=1S/C15H24N4/c16-15-18-13(11-7-3-1-2-4-8-11)17-14(19-15)12-9-5-6-10-12/h11-12H,1-10H2,(H2,16,17,18,19). The second-order valence-electron chi connectivity index (χ2n) is 6.08. The number of aromatic nitrogens is 3. The number of nitrogens with two attached hydrogens (primary N) is 1. The molecule has 0 aromatic carbocycles. The Bertz CT molecular complexity index is 418. The number of rotatable bonds is 2. The van der Waals surface area contributed by atoms with Crippen molar-refractivity contribution in [3.05, 3.63) is 11.6 Å². The maximum absolute atomic E-state index is 5.91. The van der Waals surface area contributed by atoms with Crippen molar-refractivity contribution < 1.29 is 0 Å². The Morgan fingerprint density at radius 1 is 0.632 bits per heavy atom. The van der Waals surface area contributed by atoms with E-state index in [1.54, 1.807) is 0 Å². The molecule has 3 rings (SSSR count). The fourth-order valence-corrected chi connectivity index (χ4v) is 3.51. The summed E-state index contributed by atoms with van der Waals surface area (Å²) in [7, 11) is 0. The average Bonchev–Trinajstić information content (AvgIpc) is 2.81. The zero-order valence-electron chi connectivity index (χ0n) is 11.6. The highest BCUT2D eigenvalue weighted by molar-refractivity contribution is 5.19. The molecule has 2 fully saturated rings. The van der Waals surface area contributed by atoms with E-state index in [0.717, 1.165) is 11.6 Å². The van der Waals surface area contributed by atoms with Crippen molar-refractivity contribution in [1.82, 2.24) is 15.0 Å². The molecule has 1 aromatic heterocycles. The van der Waals surface area contributed by atoms with Crippen LogP contribution in [-0.4, -0.2) is 15.0 Å². The maximum Gasteiger partial charge on any atom is 0.223 e. The Morgan fingerprint density at radius 2 is 1.05 bits per heavy atom. The van der Waals surface area contributed by atoms with E-state index in [0.29, 0.717) is 17.8 Å². The molecule has 1 heterocycles. The molecule has 2 aliphatic carbocycles. The van der Waals surface area contributed by atoms with Crippen LogP contribution < -0.4 is 5.73 Å². The van der Waals surface area contributed by atoms with Crippen LogP contribution in [-0.2, 0) is 0 Å². The molecule has 19 heavy (non-hydrogen) atoms. The molecule has 0 bridgehead atoms. The van der Waals surface area contributed by atoms with Gasteiger partial charge in [-0.05, 0) is 25.7 Å². The first-order valence-corrected chi connectivity index (χ1v) is 7.84. The fraction of sp³-hybridized carbons (Fsp3) is 0.800. The van der Waals surface area contributed by atoms with Crippen molar-refractivity contribution in [2.75, 3.05) is 5.73 Å². The van der Waals surface area contributed by atoms with Crippen molar-refractivity contribution >= 4 is 5.95 Å². The summed E-state index contributed by atoms with van der Waals surface area (Å²) >= 11 is 0. The second kappa shape index (κ2) is 5.85. The molecule has 0 aliphatic heterocycles. The van der Waals surface area contributed by atoms with Gasteiger partial charge in [-0.25, -0.2) is 4.98 Å². The van der Waals surface area contributed by atoms with E-state index in [9.17, 15) is 0 Å². The summed E-state index contributed by atoms with van der Waals surface area (Å²) in [4.78, 5) is 13.6. The third-order valence-corrected chi connectivity index (χ3v) is 4.63. The third kappa shape index (κ3) is 3.04. The molecule has 2 saturated carbocycles. The molecule has 0 atom stereocenters. The third-order valence-electron chi connectivity index (χ3n) is 4.63. The van der Waals surface area contributed by atoms with E-state index in [1.807, 2.05) is 0 Å². The second-order valence-corrected chi connectivity index (χ2v) is 6.08. The minimum absolute atomic E-state index is 0.427. The van der Waals surface area contributed by atoms with Gasteiger partial charge >= 0.3 is 0 Å². The van der Waals surface area contributed by atoms with Gasteiger partial charge in [0.05, 0.1) is 0 Å². The Labute approximate surface area is 115 Å². The number of nitrogen functional groups attached to an aromatic ring is 1. The van der Waals surface area contributed by atoms with E-state index < -0.39 is 0 Å². The molecule has 2 aliphatic rings. The smallest absolute Gasteiger partial charge is 0.223 e. The number of nitrogens with zero attached hydrogens (tertiary/aromatic N) is 3. The van der Waals surface area contributed by atoms with Gasteiger partial charge in [-0.15, -0.1) is 0 Å². The first kappa shape index (κ1) is 12.8. The molecule has 2 N–H and O–H groups in total. The summed E-state index contributed by atoms with van der Waals surface area (Å²) in [5.74, 6) is 3.39. The molecule has 0 saturated heterocycles. The van der Waals surface area contributed by atoms with E-state index >= 15 is 0 Å². The largest absolute Gasteiger partial charge is 0.368 e. The summed E-state index contributed by atoms with van der Waals surface area (Å²) in [6, 6.07) is 0. The zero-order valence-corrected chi connectivity index (χ0v) is 11.6. The van der Waals surface area contributed by atoms with E-state index in [4.69, 9.17) is 10.7 Å². The van der Waals surface area contributed by atoms with Gasteiger partial charge in [0, 0.05) is 11.8 Å². The van der Waals surface area contributed by atoms with Crippen molar-refractivity contribution in [3.63, 3.8) is 0 Å². The van der Waals surface area contributed by atoms with Gasteiger partial charge in [-0.3, -0.25) is 0 Å². The predicted molar refractivity (Wildman–Crippen MR) is 75.9 cm³/mol. The highest BCUT2D eigenvalue weighted by Gasteiger charge is 2.23. The van der Waals surface area contributed by atoms with Crippen LogP contribution >= 0.6 is 0 Å². The lowest BCUT2D eigenvalue weighted by molar-refractivity contribution is 0.545. The zero-order chi connectivity index (χ0) is 13.1. The van der Waals surface area contributed by atoms with Crippen LogP contribution in [0.3, 0.4) is 0 Å². The number of hydrogen-bond acceptors (Lipinski definition) is 4. The Balaban J connectivity index is 1.83. The van der Waals surface area contributed by atoms with Crippen LogP contribution in [0.5, 0.6) is 0 Å². The van der Waals surface area contributed by atoms with Gasteiger partial charge in [0.25, 0.3) is 0 Å². The van der Waals surface area contributed by atoms with Gasteiger partial charge in [-0.1, -0.05) is 38.5 Å². The van der Waals surface area contributed by atoms with Gasteiger partial charge in [0.2, 0.25) is 5.95 Å². The first-order valence-electron chi connectivity index (χ1n) is 7.84. The summed E-state index contributed by atoms with van der Waals surface area (Å²) in [6.45, 7) is 0. The van der Waals surface area contributed by atoms with E-state index in [2.05, 4.69) is 9.97 Å². The predicted octanol–water partition coefficient (Wildman–Crippen LogP) is 3.55. The molecule has 0 amide bonds. The average molecular weight is 260 g/mol. The Kier molecular flexibility index (Phi) is 3.95. The molecule has 4 heteroatoms. The van der Waals surface area contributed by atoms with Crippen LogP contribution in [0.25, 0.3) is 0 Å². The van der Waals surface area contributed by atoms with Crippen LogP contribution in [0.15, 0.2) is 0 Å². The van der Waals surface area contributed by atoms with Gasteiger partial charge < -0.3 is 5.73 Å². The Morgan fingerprint density at radius 3 is 1.53 bits per heavy atom. The summed E-state index contributed by atoms with van der Waals surface area (Å²) in [5.41, 5.74) is 5.91. The molecule has 0 unspecified atom stereocenters. The van der Waals surface area contributed by atoms with Crippen molar-refractivity contribution in [2.45, 2.75) is 76.0 Å². The summed E-state index contributed by atoms with van der Waals surface area (Å²) in [6.07, 6.45) is 12.8. The van der Waals surface area contributed by atoms with Crippen LogP contribution in [0.4, 0.5) is 5.95 Å². The van der Waals surface area contributed by atoms with Crippen molar-refractivity contribution in [1.29, 1.82) is 0 Å². The van der Waals surface area contributed by atoms with E-state index in [1.165, 1.54) is 64.2 Å².